The third-order valence-corrected chi connectivity index (χ3v) is 7.13. The summed E-state index contributed by atoms with van der Waals surface area (Å²) in [4.78, 5) is 27.9. The van der Waals surface area contributed by atoms with E-state index in [1.165, 1.54) is 26.2 Å². The monoisotopic (exact) mass is 574 g/mol. The number of aromatic nitrogens is 1. The Morgan fingerprint density at radius 2 is 1.77 bits per heavy atom. The molecule has 40 heavy (non-hydrogen) atoms. The zero-order chi connectivity index (χ0) is 29.2. The molecule has 1 unspecified atom stereocenters. The van der Waals surface area contributed by atoms with Gasteiger partial charge in [-0.3, -0.25) is 10.1 Å². The number of hydrogen-bond acceptors (Lipinski definition) is 5. The third kappa shape index (κ3) is 8.25. The summed E-state index contributed by atoms with van der Waals surface area (Å²) in [6.07, 6.45) is 7.20. The molecular formula is C30H33F3N2O4S. The Hall–Kier alpha value is -3.50. The Balaban J connectivity index is 1.67. The van der Waals surface area contributed by atoms with E-state index in [-0.39, 0.29) is 21.8 Å². The second-order valence-corrected chi connectivity index (χ2v) is 10.3. The van der Waals surface area contributed by atoms with Gasteiger partial charge in [-0.25, -0.2) is 22.9 Å². The lowest BCUT2D eigenvalue weighted by Gasteiger charge is -2.15. The van der Waals surface area contributed by atoms with Crippen LogP contribution in [0.3, 0.4) is 0 Å². The number of benzene rings is 2. The van der Waals surface area contributed by atoms with Gasteiger partial charge in [-0.05, 0) is 44.5 Å². The van der Waals surface area contributed by atoms with Gasteiger partial charge >= 0.3 is 5.97 Å². The van der Waals surface area contributed by atoms with Crippen LogP contribution in [-0.2, 0) is 9.53 Å². The zero-order valence-corrected chi connectivity index (χ0v) is 23.5. The summed E-state index contributed by atoms with van der Waals surface area (Å²) in [5.74, 6) is -4.78. The van der Waals surface area contributed by atoms with E-state index in [1.807, 2.05) is 0 Å². The van der Waals surface area contributed by atoms with Crippen molar-refractivity contribution in [1.82, 2.24) is 4.98 Å². The summed E-state index contributed by atoms with van der Waals surface area (Å²) >= 11 is 1.04. The van der Waals surface area contributed by atoms with Gasteiger partial charge in [-0.1, -0.05) is 51.2 Å². The molecule has 0 bridgehead atoms. The molecule has 0 saturated heterocycles. The van der Waals surface area contributed by atoms with Gasteiger partial charge in [0, 0.05) is 39.8 Å². The van der Waals surface area contributed by atoms with Crippen molar-refractivity contribution in [2.75, 3.05) is 11.9 Å². The summed E-state index contributed by atoms with van der Waals surface area (Å²) in [5.41, 5.74) is -0.202. The van der Waals surface area contributed by atoms with Crippen LogP contribution in [0.1, 0.15) is 86.9 Å². The molecule has 3 aromatic rings. The fourth-order valence-electron chi connectivity index (χ4n) is 4.05. The number of carbonyl (C=O) groups is 2. The molecule has 0 fully saturated rings. The van der Waals surface area contributed by atoms with E-state index in [2.05, 4.69) is 17.2 Å². The van der Waals surface area contributed by atoms with Gasteiger partial charge in [0.15, 0.2) is 5.13 Å². The van der Waals surface area contributed by atoms with Gasteiger partial charge in [0.2, 0.25) is 0 Å². The first-order valence-corrected chi connectivity index (χ1v) is 14.1. The summed E-state index contributed by atoms with van der Waals surface area (Å²) in [7, 11) is 0. The molecule has 2 aromatic carbocycles. The van der Waals surface area contributed by atoms with Crippen molar-refractivity contribution in [1.29, 1.82) is 0 Å². The van der Waals surface area contributed by atoms with Crippen LogP contribution < -0.4 is 5.32 Å². The number of thiazole rings is 1. The first-order chi connectivity index (χ1) is 19.1. The first kappa shape index (κ1) is 31.0. The van der Waals surface area contributed by atoms with Crippen LogP contribution in [0.5, 0.6) is 0 Å². The third-order valence-electron chi connectivity index (χ3n) is 6.37. The number of unbranched alkanes of at least 4 members (excludes halogenated alkanes) is 5. The van der Waals surface area contributed by atoms with Crippen molar-refractivity contribution >= 4 is 34.4 Å². The van der Waals surface area contributed by atoms with E-state index in [1.54, 1.807) is 30.5 Å². The molecule has 0 saturated carbocycles. The minimum atomic E-state index is -1.32. The predicted molar refractivity (Wildman–Crippen MR) is 151 cm³/mol. The highest BCUT2D eigenvalue weighted by Gasteiger charge is 2.19. The lowest BCUT2D eigenvalue weighted by molar-refractivity contribution is -0.132. The number of carboxylic acid groups (broad SMARTS) is 1. The molecule has 1 heterocycles. The minimum Gasteiger partial charge on any atom is -0.478 e. The summed E-state index contributed by atoms with van der Waals surface area (Å²) in [5, 5.41) is 13.1. The predicted octanol–water partition coefficient (Wildman–Crippen LogP) is 8.41. The molecule has 0 aliphatic heterocycles. The lowest BCUT2D eigenvalue weighted by atomic mass is 10.0. The van der Waals surface area contributed by atoms with Crippen molar-refractivity contribution in [3.63, 3.8) is 0 Å². The molecule has 3 rings (SSSR count). The molecule has 214 valence electrons. The normalized spacial score (nSPS) is 12.4. The minimum absolute atomic E-state index is 0.115. The van der Waals surface area contributed by atoms with Crippen LogP contribution in [0.25, 0.3) is 17.3 Å². The van der Waals surface area contributed by atoms with Crippen LogP contribution in [0, 0.1) is 17.5 Å². The second-order valence-electron chi connectivity index (χ2n) is 9.47. The number of amides is 1. The molecule has 0 radical (unpaired) electrons. The number of ether oxygens (including phenoxy) is 1. The molecule has 1 amide bonds. The van der Waals surface area contributed by atoms with E-state index in [0.29, 0.717) is 17.9 Å². The zero-order valence-electron chi connectivity index (χ0n) is 22.7. The molecule has 6 nitrogen and oxygen atoms in total. The number of halogens is 3. The quantitative estimate of drug-likeness (QED) is 0.149. The molecule has 0 aliphatic carbocycles. The maximum atomic E-state index is 15.4. The highest BCUT2D eigenvalue weighted by molar-refractivity contribution is 7.14. The Kier molecular flexibility index (Phi) is 11.5. The largest absolute Gasteiger partial charge is 0.478 e. The summed E-state index contributed by atoms with van der Waals surface area (Å²) < 4.78 is 50.2. The topological polar surface area (TPSA) is 88.5 Å². The van der Waals surface area contributed by atoms with Gasteiger partial charge < -0.3 is 9.84 Å². The van der Waals surface area contributed by atoms with Crippen LogP contribution in [0.15, 0.2) is 41.3 Å². The van der Waals surface area contributed by atoms with Gasteiger partial charge in [-0.2, -0.15) is 0 Å². The second kappa shape index (κ2) is 14.8. The molecule has 0 aliphatic rings. The maximum absolute atomic E-state index is 15.4. The molecule has 10 heteroatoms. The first-order valence-electron chi connectivity index (χ1n) is 13.2. The van der Waals surface area contributed by atoms with Crippen LogP contribution in [0.2, 0.25) is 0 Å². The number of anilines is 1. The summed E-state index contributed by atoms with van der Waals surface area (Å²) in [6.45, 7) is 5.72. The molecule has 1 atom stereocenters. The number of rotatable bonds is 14. The van der Waals surface area contributed by atoms with E-state index in [4.69, 9.17) is 9.84 Å². The average molecular weight is 575 g/mol. The number of nitrogens with one attached hydrogen (secondary N) is 1. The molecular weight excluding hydrogens is 541 g/mol. The van der Waals surface area contributed by atoms with E-state index < -0.39 is 41.0 Å². The van der Waals surface area contributed by atoms with Crippen LogP contribution in [-0.4, -0.2) is 28.6 Å². The number of carboxylic acids is 1. The number of hydrogen-bond donors (Lipinski definition) is 2. The highest BCUT2D eigenvalue weighted by Crippen LogP contribution is 2.32. The van der Waals surface area contributed by atoms with E-state index in [0.717, 1.165) is 48.8 Å². The fourth-order valence-corrected chi connectivity index (χ4v) is 4.76. The van der Waals surface area contributed by atoms with Crippen molar-refractivity contribution in [2.45, 2.75) is 65.4 Å². The number of carbonyl (C=O) groups excluding carboxylic acids is 1. The van der Waals surface area contributed by atoms with Gasteiger partial charge in [-0.15, -0.1) is 11.3 Å². The van der Waals surface area contributed by atoms with E-state index >= 15 is 4.39 Å². The van der Waals surface area contributed by atoms with Crippen LogP contribution in [0.4, 0.5) is 18.3 Å². The summed E-state index contributed by atoms with van der Waals surface area (Å²) in [6, 6.07) is 6.58. The smallest absolute Gasteiger partial charge is 0.331 e. The fraction of sp³-hybridized carbons (Fsp3) is 0.367. The Bertz CT molecular complexity index is 1350. The SMILES string of the molecule is CCCCCCCCOC(C)c1cccc(-c2csc(NC(=O)c3cc(F)c(/C=C(\C)C(=O)O)c(F)c3)n2)c1F. The lowest BCUT2D eigenvalue weighted by Crippen LogP contribution is -2.13. The van der Waals surface area contributed by atoms with Gasteiger partial charge in [0.25, 0.3) is 5.91 Å². The maximum Gasteiger partial charge on any atom is 0.331 e. The highest BCUT2D eigenvalue weighted by atomic mass is 32.1. The van der Waals surface area contributed by atoms with Crippen molar-refractivity contribution in [2.24, 2.45) is 0 Å². The van der Waals surface area contributed by atoms with Crippen molar-refractivity contribution in [3.8, 4) is 11.3 Å². The van der Waals surface area contributed by atoms with Gasteiger partial charge in [0.05, 0.1) is 11.8 Å². The molecule has 1 aromatic heterocycles. The Labute approximate surface area is 235 Å². The van der Waals surface area contributed by atoms with Crippen LogP contribution >= 0.6 is 11.3 Å². The van der Waals surface area contributed by atoms with Crippen molar-refractivity contribution in [3.05, 3.63) is 75.4 Å². The number of aliphatic carboxylic acids is 1. The van der Waals surface area contributed by atoms with E-state index in [9.17, 15) is 18.4 Å². The Morgan fingerprint density at radius 1 is 1.10 bits per heavy atom. The van der Waals surface area contributed by atoms with Crippen molar-refractivity contribution < 1.29 is 32.6 Å². The number of nitrogens with zero attached hydrogens (tertiary/aromatic N) is 1. The van der Waals surface area contributed by atoms with Gasteiger partial charge in [0.1, 0.15) is 17.5 Å². The standard InChI is InChI=1S/C30H33F3N2O4S/c1-4-5-6-7-8-9-13-39-19(3)21-11-10-12-22(27(21)33)26-17-40-30(34-26)35-28(36)20-15-24(31)23(25(32)16-20)14-18(2)29(37)38/h10-12,14-17,19H,4-9,13H2,1-3H3,(H,37,38)(H,34,35,36)/b18-14+. The molecule has 2 N–H and O–H groups in total. The average Bonchev–Trinajstić information content (AvgIpc) is 3.37. The Morgan fingerprint density at radius 3 is 2.45 bits per heavy atom. The molecule has 0 spiro atoms.